The lowest BCUT2D eigenvalue weighted by atomic mass is 10.1. The minimum absolute atomic E-state index is 0.0566. The van der Waals surface area contributed by atoms with Crippen LogP contribution in [0, 0.1) is 13.8 Å². The van der Waals surface area contributed by atoms with Crippen molar-refractivity contribution in [2.45, 2.75) is 33.8 Å². The summed E-state index contributed by atoms with van der Waals surface area (Å²) in [7, 11) is 0. The van der Waals surface area contributed by atoms with Crippen LogP contribution in [0.1, 0.15) is 46.0 Å². The van der Waals surface area contributed by atoms with Gasteiger partial charge in [0, 0.05) is 12.2 Å². The first kappa shape index (κ1) is 15.2. The van der Waals surface area contributed by atoms with E-state index in [2.05, 4.69) is 10.3 Å². The van der Waals surface area contributed by atoms with E-state index in [-0.39, 0.29) is 17.7 Å². The van der Waals surface area contributed by atoms with E-state index >= 15 is 0 Å². The minimum Gasteiger partial charge on any atom is -0.477 e. The van der Waals surface area contributed by atoms with Gasteiger partial charge in [0.15, 0.2) is 0 Å². The second kappa shape index (κ2) is 6.38. The Balaban J connectivity index is 2.70. The van der Waals surface area contributed by atoms with Crippen molar-refractivity contribution in [3.8, 4) is 0 Å². The average Bonchev–Trinajstić information content (AvgIpc) is 2.60. The molecule has 3 N–H and O–H groups in total. The molecule has 19 heavy (non-hydrogen) atoms. The van der Waals surface area contributed by atoms with Crippen molar-refractivity contribution in [1.82, 2.24) is 10.3 Å². The van der Waals surface area contributed by atoms with Gasteiger partial charge in [-0.3, -0.25) is 4.79 Å². The minimum atomic E-state index is -1.07. The van der Waals surface area contributed by atoms with Crippen molar-refractivity contribution in [2.24, 2.45) is 0 Å². The molecule has 1 rings (SSSR count). The average molecular weight is 268 g/mol. The van der Waals surface area contributed by atoms with Crippen molar-refractivity contribution in [3.63, 3.8) is 0 Å². The zero-order valence-corrected chi connectivity index (χ0v) is 11.7. The van der Waals surface area contributed by atoms with E-state index in [1.54, 1.807) is 13.8 Å². The number of aromatic nitrogens is 1. The van der Waals surface area contributed by atoms with Crippen LogP contribution in [0.3, 0.4) is 0 Å². The Bertz CT molecular complexity index is 477. The number of rotatable bonds is 6. The fourth-order valence-corrected chi connectivity index (χ4v) is 1.85. The van der Waals surface area contributed by atoms with Gasteiger partial charge in [-0.15, -0.1) is 0 Å². The number of ether oxygens (including phenoxy) is 1. The highest BCUT2D eigenvalue weighted by Gasteiger charge is 2.21. The molecule has 0 spiro atoms. The lowest BCUT2D eigenvalue weighted by Gasteiger charge is -2.09. The summed E-state index contributed by atoms with van der Waals surface area (Å²) in [5, 5.41) is 11.7. The molecule has 1 aromatic rings. The number of aromatic carboxylic acids is 1. The molecular formula is C13H20N2O4. The fourth-order valence-electron chi connectivity index (χ4n) is 1.85. The SMILES string of the molecule is Cc1[nH]c(C(=O)O)c(C)c1C(=O)NCCOC(C)C. The molecule has 0 aliphatic carbocycles. The Morgan fingerprint density at radius 3 is 2.47 bits per heavy atom. The topological polar surface area (TPSA) is 91.4 Å². The van der Waals surface area contributed by atoms with Crippen LogP contribution >= 0.6 is 0 Å². The first-order chi connectivity index (χ1) is 8.84. The van der Waals surface area contributed by atoms with Crippen LogP contribution in [-0.2, 0) is 4.74 Å². The Morgan fingerprint density at radius 2 is 2.00 bits per heavy atom. The van der Waals surface area contributed by atoms with Crippen molar-refractivity contribution in [3.05, 3.63) is 22.5 Å². The van der Waals surface area contributed by atoms with Crippen LogP contribution in [0.15, 0.2) is 0 Å². The number of hydrogen-bond donors (Lipinski definition) is 3. The number of carboxylic acids is 1. The molecule has 1 amide bonds. The molecule has 1 aromatic heterocycles. The smallest absolute Gasteiger partial charge is 0.352 e. The number of aryl methyl sites for hydroxylation is 1. The van der Waals surface area contributed by atoms with E-state index in [0.29, 0.717) is 30.0 Å². The lowest BCUT2D eigenvalue weighted by Crippen LogP contribution is -2.28. The molecule has 0 aromatic carbocycles. The number of aromatic amines is 1. The third-order valence-electron chi connectivity index (χ3n) is 2.72. The van der Waals surface area contributed by atoms with Gasteiger partial charge in [0.25, 0.3) is 5.91 Å². The number of carbonyl (C=O) groups excluding carboxylic acids is 1. The molecule has 0 fully saturated rings. The normalized spacial score (nSPS) is 10.8. The van der Waals surface area contributed by atoms with Crippen LogP contribution in [0.5, 0.6) is 0 Å². The van der Waals surface area contributed by atoms with E-state index < -0.39 is 5.97 Å². The van der Waals surface area contributed by atoms with E-state index in [1.807, 2.05) is 13.8 Å². The molecule has 0 atom stereocenters. The largest absolute Gasteiger partial charge is 0.477 e. The van der Waals surface area contributed by atoms with Crippen LogP contribution < -0.4 is 5.32 Å². The quantitative estimate of drug-likeness (QED) is 0.681. The van der Waals surface area contributed by atoms with Crippen LogP contribution in [-0.4, -0.2) is 41.2 Å². The summed E-state index contributed by atoms with van der Waals surface area (Å²) >= 11 is 0. The van der Waals surface area contributed by atoms with E-state index in [0.717, 1.165) is 0 Å². The van der Waals surface area contributed by atoms with E-state index in [4.69, 9.17) is 9.84 Å². The maximum atomic E-state index is 12.0. The van der Waals surface area contributed by atoms with Crippen molar-refractivity contribution in [2.75, 3.05) is 13.2 Å². The molecule has 0 aliphatic rings. The molecule has 0 unspecified atom stereocenters. The van der Waals surface area contributed by atoms with Gasteiger partial charge in [-0.1, -0.05) is 0 Å². The summed E-state index contributed by atoms with van der Waals surface area (Å²) in [6.45, 7) is 7.95. The summed E-state index contributed by atoms with van der Waals surface area (Å²) in [6, 6.07) is 0. The molecule has 0 saturated heterocycles. The molecular weight excluding hydrogens is 248 g/mol. The molecule has 6 nitrogen and oxygen atoms in total. The van der Waals surface area contributed by atoms with Crippen molar-refractivity contribution < 1.29 is 19.4 Å². The molecule has 1 heterocycles. The first-order valence-corrected chi connectivity index (χ1v) is 6.16. The monoisotopic (exact) mass is 268 g/mol. The maximum absolute atomic E-state index is 12.0. The van der Waals surface area contributed by atoms with Gasteiger partial charge in [-0.05, 0) is 33.3 Å². The van der Waals surface area contributed by atoms with E-state index in [9.17, 15) is 9.59 Å². The molecule has 0 radical (unpaired) electrons. The van der Waals surface area contributed by atoms with Crippen LogP contribution in [0.4, 0.5) is 0 Å². The summed E-state index contributed by atoms with van der Waals surface area (Å²) in [5.74, 6) is -1.35. The molecule has 0 aliphatic heterocycles. The number of H-pyrrole nitrogens is 1. The highest BCUT2D eigenvalue weighted by Crippen LogP contribution is 2.17. The van der Waals surface area contributed by atoms with Gasteiger partial charge in [0.2, 0.25) is 0 Å². The third-order valence-corrected chi connectivity index (χ3v) is 2.72. The fraction of sp³-hybridized carbons (Fsp3) is 0.538. The molecule has 106 valence electrons. The van der Waals surface area contributed by atoms with E-state index in [1.165, 1.54) is 0 Å². The van der Waals surface area contributed by atoms with Gasteiger partial charge in [-0.2, -0.15) is 0 Å². The molecule has 0 saturated carbocycles. The number of carbonyl (C=O) groups is 2. The lowest BCUT2D eigenvalue weighted by molar-refractivity contribution is 0.0690. The summed E-state index contributed by atoms with van der Waals surface area (Å²) in [6.07, 6.45) is 0.117. The number of hydrogen-bond acceptors (Lipinski definition) is 3. The highest BCUT2D eigenvalue weighted by atomic mass is 16.5. The second-order valence-electron chi connectivity index (χ2n) is 4.61. The zero-order chi connectivity index (χ0) is 14.6. The Kier molecular flexibility index (Phi) is 5.11. The summed E-state index contributed by atoms with van der Waals surface area (Å²) in [5.41, 5.74) is 1.45. The molecule has 6 heteroatoms. The number of nitrogens with one attached hydrogen (secondary N) is 2. The van der Waals surface area contributed by atoms with Crippen molar-refractivity contribution >= 4 is 11.9 Å². The summed E-state index contributed by atoms with van der Waals surface area (Å²) < 4.78 is 5.32. The Hall–Kier alpha value is -1.82. The van der Waals surface area contributed by atoms with Crippen LogP contribution in [0.25, 0.3) is 0 Å². The third kappa shape index (κ3) is 3.82. The van der Waals surface area contributed by atoms with Gasteiger partial charge in [0.05, 0.1) is 18.3 Å². The Labute approximate surface area is 112 Å². The van der Waals surface area contributed by atoms with Gasteiger partial charge >= 0.3 is 5.97 Å². The highest BCUT2D eigenvalue weighted by molar-refractivity contribution is 6.00. The Morgan fingerprint density at radius 1 is 1.37 bits per heavy atom. The summed E-state index contributed by atoms with van der Waals surface area (Å²) in [4.78, 5) is 25.7. The standard InChI is InChI=1S/C13H20N2O4/c1-7(2)19-6-5-14-12(16)10-8(3)11(13(17)18)15-9(10)4/h7,15H,5-6H2,1-4H3,(H,14,16)(H,17,18). The second-order valence-corrected chi connectivity index (χ2v) is 4.61. The predicted molar refractivity (Wildman–Crippen MR) is 70.6 cm³/mol. The van der Waals surface area contributed by atoms with Gasteiger partial charge < -0.3 is 20.1 Å². The number of carboxylic acid groups (broad SMARTS) is 1. The number of amides is 1. The van der Waals surface area contributed by atoms with Crippen molar-refractivity contribution in [1.29, 1.82) is 0 Å². The molecule has 0 bridgehead atoms. The predicted octanol–water partition coefficient (Wildman–Crippen LogP) is 1.48. The maximum Gasteiger partial charge on any atom is 0.352 e. The van der Waals surface area contributed by atoms with Gasteiger partial charge in [0.1, 0.15) is 5.69 Å². The zero-order valence-electron chi connectivity index (χ0n) is 11.7. The van der Waals surface area contributed by atoms with Crippen LogP contribution in [0.2, 0.25) is 0 Å². The van der Waals surface area contributed by atoms with Gasteiger partial charge in [-0.25, -0.2) is 4.79 Å². The first-order valence-electron chi connectivity index (χ1n) is 6.16.